The zero-order valence-electron chi connectivity index (χ0n) is 5.57. The van der Waals surface area contributed by atoms with Crippen LogP contribution in [0.3, 0.4) is 0 Å². The Balaban J connectivity index is 3.94. The molecule has 0 aliphatic rings. The van der Waals surface area contributed by atoms with Crippen molar-refractivity contribution in [2.24, 2.45) is 16.7 Å². The fourth-order valence-electron chi connectivity index (χ4n) is 0.274. The van der Waals surface area contributed by atoms with Crippen LogP contribution in [0, 0.1) is 0 Å². The Labute approximate surface area is 58.7 Å². The molecule has 60 valence electrons. The molecule has 0 aromatic carbocycles. The minimum absolute atomic E-state index is 0.617. The van der Waals surface area contributed by atoms with Gasteiger partial charge in [0.05, 0.1) is 6.04 Å². The fraction of sp³-hybridized carbons (Fsp3) is 0.667. The van der Waals surface area contributed by atoms with Gasteiger partial charge in [-0.15, -0.1) is 0 Å². The van der Waals surface area contributed by atoms with E-state index in [-0.39, 0.29) is 0 Å². The number of nitrogens with two attached hydrogens (primary N) is 3. The van der Waals surface area contributed by atoms with E-state index in [4.69, 9.17) is 16.7 Å². The number of hydrogen-bond acceptors (Lipinski definition) is 3. The molecule has 6 nitrogen and oxygen atoms in total. The first-order chi connectivity index (χ1) is 4.33. The van der Waals surface area contributed by atoms with Crippen LogP contribution in [-0.4, -0.2) is 11.9 Å². The molecule has 0 saturated carbocycles. The zero-order chi connectivity index (χ0) is 8.36. The SMILES string of the molecule is C[C@H](N)C(=O)NP(N)(N)=O. The monoisotopic (exact) mass is 166 g/mol. The maximum absolute atomic E-state index is 10.6. The van der Waals surface area contributed by atoms with Crippen molar-refractivity contribution in [3.8, 4) is 0 Å². The Hall–Kier alpha value is -0.420. The van der Waals surface area contributed by atoms with Gasteiger partial charge in [0.2, 0.25) is 5.91 Å². The summed E-state index contributed by atoms with van der Waals surface area (Å²) < 4.78 is 10.5. The third-order valence-corrected chi connectivity index (χ3v) is 1.27. The van der Waals surface area contributed by atoms with Gasteiger partial charge in [0.25, 0.3) is 7.59 Å². The summed E-state index contributed by atoms with van der Waals surface area (Å²) in [5, 5.41) is 1.87. The van der Waals surface area contributed by atoms with Crippen LogP contribution in [0.4, 0.5) is 0 Å². The number of rotatable bonds is 2. The second-order valence-electron chi connectivity index (χ2n) is 1.97. The van der Waals surface area contributed by atoms with Crippen molar-refractivity contribution in [2.75, 3.05) is 0 Å². The van der Waals surface area contributed by atoms with Gasteiger partial charge in [-0.25, -0.2) is 0 Å². The maximum Gasteiger partial charge on any atom is 0.300 e. The van der Waals surface area contributed by atoms with Crippen molar-refractivity contribution >= 4 is 13.5 Å². The first-order valence-electron chi connectivity index (χ1n) is 2.58. The molecule has 7 N–H and O–H groups in total. The van der Waals surface area contributed by atoms with Crippen LogP contribution in [0.2, 0.25) is 0 Å². The van der Waals surface area contributed by atoms with Crippen molar-refractivity contribution in [3.63, 3.8) is 0 Å². The fourth-order valence-corrected chi connectivity index (χ4v) is 0.822. The molecule has 0 unspecified atom stereocenters. The van der Waals surface area contributed by atoms with Crippen LogP contribution >= 0.6 is 7.59 Å². The predicted octanol–water partition coefficient (Wildman–Crippen LogP) is -1.52. The maximum atomic E-state index is 10.6. The highest BCUT2D eigenvalue weighted by molar-refractivity contribution is 7.57. The second kappa shape index (κ2) is 3.12. The molecule has 10 heavy (non-hydrogen) atoms. The van der Waals surface area contributed by atoms with Gasteiger partial charge in [-0.3, -0.25) is 25.5 Å². The van der Waals surface area contributed by atoms with Crippen LogP contribution in [-0.2, 0) is 9.36 Å². The molecule has 0 bridgehead atoms. The van der Waals surface area contributed by atoms with Crippen molar-refractivity contribution in [2.45, 2.75) is 13.0 Å². The topological polar surface area (TPSA) is 124 Å². The quantitative estimate of drug-likeness (QED) is 0.370. The standard InChI is InChI=1S/C3H11N4O2P/c1-2(4)3(8)7-10(5,6)9/h2H,4H2,1H3,(H5,5,6,7,8,9)/t2-/m0/s1. The van der Waals surface area contributed by atoms with Crippen LogP contribution < -0.4 is 21.8 Å². The summed E-state index contributed by atoms with van der Waals surface area (Å²) in [5.41, 5.74) is 14.7. The third kappa shape index (κ3) is 4.46. The normalized spacial score (nSPS) is 14.4. The van der Waals surface area contributed by atoms with E-state index in [1.54, 1.807) is 0 Å². The summed E-state index contributed by atoms with van der Waals surface area (Å²) >= 11 is 0. The van der Waals surface area contributed by atoms with Crippen molar-refractivity contribution in [1.29, 1.82) is 0 Å². The van der Waals surface area contributed by atoms with E-state index in [1.807, 2.05) is 5.09 Å². The van der Waals surface area contributed by atoms with Crippen molar-refractivity contribution < 1.29 is 9.36 Å². The lowest BCUT2D eigenvalue weighted by Gasteiger charge is -2.09. The lowest BCUT2D eigenvalue weighted by molar-refractivity contribution is -0.120. The minimum atomic E-state index is -3.46. The molecular weight excluding hydrogens is 155 g/mol. The summed E-state index contributed by atoms with van der Waals surface area (Å²) in [6.07, 6.45) is 0. The lowest BCUT2D eigenvalue weighted by atomic mass is 10.4. The Morgan fingerprint density at radius 3 is 2.10 bits per heavy atom. The Bertz CT molecular complexity index is 173. The highest BCUT2D eigenvalue weighted by Gasteiger charge is 2.15. The molecular formula is C3H11N4O2P. The van der Waals surface area contributed by atoms with E-state index in [9.17, 15) is 9.36 Å². The summed E-state index contributed by atoms with van der Waals surface area (Å²) in [6, 6.07) is -0.750. The van der Waals surface area contributed by atoms with Crippen LogP contribution in [0.1, 0.15) is 6.92 Å². The first-order valence-corrected chi connectivity index (χ1v) is 4.42. The molecule has 0 aliphatic carbocycles. The second-order valence-corrected chi connectivity index (χ2v) is 3.62. The third-order valence-electron chi connectivity index (χ3n) is 0.698. The molecule has 0 spiro atoms. The van der Waals surface area contributed by atoms with Crippen LogP contribution in [0.25, 0.3) is 0 Å². The Kier molecular flexibility index (Phi) is 2.98. The van der Waals surface area contributed by atoms with E-state index in [1.165, 1.54) is 6.92 Å². The molecule has 0 aromatic heterocycles. The highest BCUT2D eigenvalue weighted by atomic mass is 31.2. The molecule has 0 rings (SSSR count). The molecule has 7 heteroatoms. The van der Waals surface area contributed by atoms with Crippen LogP contribution in [0.15, 0.2) is 0 Å². The Morgan fingerprint density at radius 2 is 2.00 bits per heavy atom. The average Bonchev–Trinajstić information content (AvgIpc) is 1.60. The van der Waals surface area contributed by atoms with E-state index in [0.29, 0.717) is 0 Å². The average molecular weight is 166 g/mol. The number of carbonyl (C=O) groups excluding carboxylic acids is 1. The van der Waals surface area contributed by atoms with Gasteiger partial charge in [0.15, 0.2) is 0 Å². The van der Waals surface area contributed by atoms with E-state index >= 15 is 0 Å². The largest absolute Gasteiger partial charge is 0.320 e. The van der Waals surface area contributed by atoms with Gasteiger partial charge in [0.1, 0.15) is 0 Å². The summed E-state index contributed by atoms with van der Waals surface area (Å²) in [5.74, 6) is -0.617. The molecule has 0 fully saturated rings. The summed E-state index contributed by atoms with van der Waals surface area (Å²) in [6.45, 7) is 1.44. The van der Waals surface area contributed by atoms with Crippen molar-refractivity contribution in [3.05, 3.63) is 0 Å². The smallest absolute Gasteiger partial charge is 0.300 e. The summed E-state index contributed by atoms with van der Waals surface area (Å²) in [7, 11) is -3.46. The molecule has 0 heterocycles. The van der Waals surface area contributed by atoms with Gasteiger partial charge in [-0.05, 0) is 6.92 Å². The molecule has 1 amide bonds. The molecule has 0 aliphatic heterocycles. The van der Waals surface area contributed by atoms with Gasteiger partial charge in [-0.1, -0.05) is 0 Å². The summed E-state index contributed by atoms with van der Waals surface area (Å²) in [4.78, 5) is 10.6. The van der Waals surface area contributed by atoms with Gasteiger partial charge in [-0.2, -0.15) is 0 Å². The number of carbonyl (C=O) groups is 1. The van der Waals surface area contributed by atoms with Gasteiger partial charge in [0, 0.05) is 0 Å². The number of amides is 1. The van der Waals surface area contributed by atoms with E-state index in [0.717, 1.165) is 0 Å². The predicted molar refractivity (Wildman–Crippen MR) is 37.8 cm³/mol. The molecule has 1 atom stereocenters. The first kappa shape index (κ1) is 9.58. The van der Waals surface area contributed by atoms with Gasteiger partial charge >= 0.3 is 0 Å². The molecule has 0 saturated heterocycles. The van der Waals surface area contributed by atoms with E-state index in [2.05, 4.69) is 0 Å². The molecule has 0 radical (unpaired) electrons. The highest BCUT2D eigenvalue weighted by Crippen LogP contribution is 2.16. The zero-order valence-corrected chi connectivity index (χ0v) is 6.47. The van der Waals surface area contributed by atoms with Crippen molar-refractivity contribution in [1.82, 2.24) is 5.09 Å². The van der Waals surface area contributed by atoms with Crippen LogP contribution in [0.5, 0.6) is 0 Å². The number of nitrogens with one attached hydrogen (secondary N) is 1. The van der Waals surface area contributed by atoms with E-state index < -0.39 is 19.5 Å². The lowest BCUT2D eigenvalue weighted by Crippen LogP contribution is -2.39. The minimum Gasteiger partial charge on any atom is -0.320 e. The van der Waals surface area contributed by atoms with Gasteiger partial charge < -0.3 is 5.73 Å². The molecule has 0 aromatic rings. The Morgan fingerprint density at radius 1 is 1.60 bits per heavy atom. The number of hydrogen-bond donors (Lipinski definition) is 4.